The maximum Gasteiger partial charge on any atom is 0.0318 e. The second-order valence-electron chi connectivity index (χ2n) is 5.97. The Morgan fingerprint density at radius 3 is 2.35 bits per heavy atom. The van der Waals surface area contributed by atoms with Gasteiger partial charge in [0.25, 0.3) is 0 Å². The monoisotopic (exact) mass is 275 g/mol. The largest absolute Gasteiger partial charge is 0.309 e. The van der Waals surface area contributed by atoms with E-state index in [1.165, 1.54) is 37.3 Å². The normalized spacial score (nSPS) is 19.1. The van der Waals surface area contributed by atoms with Gasteiger partial charge in [-0.25, -0.2) is 0 Å². The molecule has 1 heterocycles. The molecule has 2 rings (SSSR count). The van der Waals surface area contributed by atoms with E-state index in [4.69, 9.17) is 0 Å². The van der Waals surface area contributed by atoms with Crippen LogP contribution in [0.5, 0.6) is 0 Å². The van der Waals surface area contributed by atoms with Gasteiger partial charge in [0.05, 0.1) is 0 Å². The van der Waals surface area contributed by atoms with Crippen molar-refractivity contribution in [2.45, 2.75) is 26.3 Å². The summed E-state index contributed by atoms with van der Waals surface area (Å²) in [6.07, 6.45) is 1.14. The minimum atomic E-state index is 0.489. The van der Waals surface area contributed by atoms with Gasteiger partial charge in [0, 0.05) is 45.3 Å². The predicted molar refractivity (Wildman–Crippen MR) is 86.2 cm³/mol. The fourth-order valence-corrected chi connectivity index (χ4v) is 2.77. The zero-order valence-electron chi connectivity index (χ0n) is 13.2. The SMILES string of the molecule is CCC(NCCN1CCN(C)CC1)c1ccc(C)cc1. The van der Waals surface area contributed by atoms with Crippen LogP contribution in [0.15, 0.2) is 24.3 Å². The van der Waals surface area contributed by atoms with Gasteiger partial charge in [0.1, 0.15) is 0 Å². The zero-order chi connectivity index (χ0) is 14.4. The molecule has 1 aromatic rings. The molecule has 1 unspecified atom stereocenters. The molecule has 20 heavy (non-hydrogen) atoms. The third-order valence-corrected chi connectivity index (χ3v) is 4.30. The van der Waals surface area contributed by atoms with E-state index < -0.39 is 0 Å². The van der Waals surface area contributed by atoms with Gasteiger partial charge in [0.2, 0.25) is 0 Å². The van der Waals surface area contributed by atoms with Crippen LogP contribution in [0.4, 0.5) is 0 Å². The molecule has 1 fully saturated rings. The second kappa shape index (κ2) is 7.77. The van der Waals surface area contributed by atoms with Crippen LogP contribution in [-0.2, 0) is 0 Å². The van der Waals surface area contributed by atoms with E-state index in [0.717, 1.165) is 19.5 Å². The van der Waals surface area contributed by atoms with Crippen LogP contribution >= 0.6 is 0 Å². The molecule has 0 saturated carbocycles. The molecule has 1 aliphatic heterocycles. The van der Waals surface area contributed by atoms with Gasteiger partial charge in [-0.05, 0) is 26.0 Å². The molecule has 0 aliphatic carbocycles. The highest BCUT2D eigenvalue weighted by Gasteiger charge is 2.14. The van der Waals surface area contributed by atoms with E-state index in [9.17, 15) is 0 Å². The lowest BCUT2D eigenvalue weighted by Gasteiger charge is -2.32. The Labute approximate surface area is 124 Å². The van der Waals surface area contributed by atoms with Crippen LogP contribution in [-0.4, -0.2) is 56.1 Å². The molecule has 0 aromatic heterocycles. The molecule has 0 amide bonds. The van der Waals surface area contributed by atoms with Crippen molar-refractivity contribution in [2.75, 3.05) is 46.3 Å². The summed E-state index contributed by atoms with van der Waals surface area (Å²) in [7, 11) is 2.21. The van der Waals surface area contributed by atoms with Gasteiger partial charge in [-0.1, -0.05) is 36.8 Å². The third-order valence-electron chi connectivity index (χ3n) is 4.30. The number of nitrogens with one attached hydrogen (secondary N) is 1. The molecule has 3 heteroatoms. The summed E-state index contributed by atoms with van der Waals surface area (Å²) in [6, 6.07) is 9.42. The number of rotatable bonds is 6. The van der Waals surface area contributed by atoms with Gasteiger partial charge in [-0.2, -0.15) is 0 Å². The summed E-state index contributed by atoms with van der Waals surface area (Å²) in [5, 5.41) is 3.71. The number of piperazine rings is 1. The second-order valence-corrected chi connectivity index (χ2v) is 5.97. The Morgan fingerprint density at radius 1 is 1.10 bits per heavy atom. The van der Waals surface area contributed by atoms with E-state index >= 15 is 0 Å². The van der Waals surface area contributed by atoms with Crippen molar-refractivity contribution in [3.05, 3.63) is 35.4 Å². The van der Waals surface area contributed by atoms with Crippen LogP contribution in [0.25, 0.3) is 0 Å². The van der Waals surface area contributed by atoms with Crippen molar-refractivity contribution in [3.8, 4) is 0 Å². The average Bonchev–Trinajstić information content (AvgIpc) is 2.47. The van der Waals surface area contributed by atoms with Gasteiger partial charge in [0.15, 0.2) is 0 Å². The maximum atomic E-state index is 3.71. The average molecular weight is 275 g/mol. The maximum absolute atomic E-state index is 3.71. The number of hydrogen-bond donors (Lipinski definition) is 1. The van der Waals surface area contributed by atoms with Crippen LogP contribution in [0.1, 0.15) is 30.5 Å². The lowest BCUT2D eigenvalue weighted by atomic mass is 10.0. The van der Waals surface area contributed by atoms with E-state index in [-0.39, 0.29) is 0 Å². The van der Waals surface area contributed by atoms with Crippen molar-refractivity contribution in [3.63, 3.8) is 0 Å². The summed E-state index contributed by atoms with van der Waals surface area (Å²) >= 11 is 0. The lowest BCUT2D eigenvalue weighted by Crippen LogP contribution is -2.46. The Morgan fingerprint density at radius 2 is 1.75 bits per heavy atom. The Kier molecular flexibility index (Phi) is 6.02. The molecule has 1 aromatic carbocycles. The molecular formula is C17H29N3. The van der Waals surface area contributed by atoms with Crippen molar-refractivity contribution in [2.24, 2.45) is 0 Å². The first-order chi connectivity index (χ1) is 9.69. The molecule has 1 aliphatic rings. The topological polar surface area (TPSA) is 18.5 Å². The summed E-state index contributed by atoms with van der Waals surface area (Å²) in [5.74, 6) is 0. The van der Waals surface area contributed by atoms with Crippen molar-refractivity contribution in [1.82, 2.24) is 15.1 Å². The Hall–Kier alpha value is -0.900. The van der Waals surface area contributed by atoms with Gasteiger partial charge >= 0.3 is 0 Å². The quantitative estimate of drug-likeness (QED) is 0.859. The Balaban J connectivity index is 1.75. The highest BCUT2D eigenvalue weighted by molar-refractivity contribution is 5.24. The van der Waals surface area contributed by atoms with Crippen LogP contribution in [0, 0.1) is 6.92 Å². The van der Waals surface area contributed by atoms with E-state index in [0.29, 0.717) is 6.04 Å². The molecule has 112 valence electrons. The first-order valence-electron chi connectivity index (χ1n) is 7.90. The molecule has 1 saturated heterocycles. The fourth-order valence-electron chi connectivity index (χ4n) is 2.77. The zero-order valence-corrected chi connectivity index (χ0v) is 13.2. The molecular weight excluding hydrogens is 246 g/mol. The van der Waals surface area contributed by atoms with E-state index in [2.05, 4.69) is 60.3 Å². The van der Waals surface area contributed by atoms with E-state index in [1.807, 2.05) is 0 Å². The molecule has 0 spiro atoms. The number of likely N-dealkylation sites (N-methyl/N-ethyl adjacent to an activating group) is 1. The third kappa shape index (κ3) is 4.58. The standard InChI is InChI=1S/C17H29N3/c1-4-17(16-7-5-15(2)6-8-16)18-9-10-20-13-11-19(3)12-14-20/h5-8,17-18H,4,9-14H2,1-3H3. The van der Waals surface area contributed by atoms with Crippen molar-refractivity contribution >= 4 is 0 Å². The summed E-state index contributed by atoms with van der Waals surface area (Å²) < 4.78 is 0. The number of benzene rings is 1. The lowest BCUT2D eigenvalue weighted by molar-refractivity contribution is 0.153. The van der Waals surface area contributed by atoms with Crippen molar-refractivity contribution < 1.29 is 0 Å². The molecule has 0 bridgehead atoms. The number of hydrogen-bond acceptors (Lipinski definition) is 3. The molecule has 3 nitrogen and oxygen atoms in total. The Bertz CT molecular complexity index is 380. The number of aryl methyl sites for hydroxylation is 1. The van der Waals surface area contributed by atoms with Crippen LogP contribution < -0.4 is 5.32 Å². The van der Waals surface area contributed by atoms with Crippen LogP contribution in [0.2, 0.25) is 0 Å². The van der Waals surface area contributed by atoms with Crippen LogP contribution in [0.3, 0.4) is 0 Å². The highest BCUT2D eigenvalue weighted by Crippen LogP contribution is 2.16. The first-order valence-corrected chi connectivity index (χ1v) is 7.90. The molecule has 0 radical (unpaired) electrons. The van der Waals surface area contributed by atoms with Crippen molar-refractivity contribution in [1.29, 1.82) is 0 Å². The first kappa shape index (κ1) is 15.5. The highest BCUT2D eigenvalue weighted by atomic mass is 15.2. The summed E-state index contributed by atoms with van der Waals surface area (Å²) in [5.41, 5.74) is 2.75. The summed E-state index contributed by atoms with van der Waals surface area (Å²) in [4.78, 5) is 4.97. The molecule has 1 atom stereocenters. The minimum absolute atomic E-state index is 0.489. The summed E-state index contributed by atoms with van der Waals surface area (Å²) in [6.45, 7) is 11.5. The minimum Gasteiger partial charge on any atom is -0.309 e. The van der Waals surface area contributed by atoms with Gasteiger partial charge in [-0.15, -0.1) is 0 Å². The fraction of sp³-hybridized carbons (Fsp3) is 0.647. The number of nitrogens with zero attached hydrogens (tertiary/aromatic N) is 2. The predicted octanol–water partition coefficient (Wildman–Crippen LogP) is 2.28. The molecule has 1 N–H and O–H groups in total. The smallest absolute Gasteiger partial charge is 0.0318 e. The van der Waals surface area contributed by atoms with Gasteiger partial charge in [-0.3, -0.25) is 4.90 Å². The van der Waals surface area contributed by atoms with E-state index in [1.54, 1.807) is 0 Å². The van der Waals surface area contributed by atoms with Gasteiger partial charge < -0.3 is 10.2 Å².